The number of aromatic nitrogens is 2. The maximum Gasteiger partial charge on any atom is 0.282 e. The molecule has 7 nitrogen and oxygen atoms in total. The van der Waals surface area contributed by atoms with Crippen LogP contribution in [0.3, 0.4) is 0 Å². The summed E-state index contributed by atoms with van der Waals surface area (Å²) in [6.07, 6.45) is 1.37. The molecule has 1 saturated heterocycles. The third-order valence-electron chi connectivity index (χ3n) is 3.03. The first kappa shape index (κ1) is 13.1. The van der Waals surface area contributed by atoms with Crippen LogP contribution in [-0.4, -0.2) is 46.6 Å². The Balaban J connectivity index is 2.12. The second kappa shape index (κ2) is 4.71. The molecule has 1 fully saturated rings. The molecular formula is C11H14FN5O2. The molecule has 0 radical (unpaired) electrons. The number of halogens is 1. The summed E-state index contributed by atoms with van der Waals surface area (Å²) in [4.78, 5) is 23.8. The van der Waals surface area contributed by atoms with Crippen molar-refractivity contribution in [3.05, 3.63) is 24.2 Å². The molecule has 0 aromatic carbocycles. The number of carbonyl (C=O) groups is 2. The van der Waals surface area contributed by atoms with Crippen LogP contribution in [0.4, 0.5) is 10.2 Å². The molecule has 2 amide bonds. The minimum atomic E-state index is -0.981. The number of amides is 2. The maximum absolute atomic E-state index is 12.7. The van der Waals surface area contributed by atoms with Gasteiger partial charge < -0.3 is 16.0 Å². The lowest BCUT2D eigenvalue weighted by atomic mass is 10.1. The fraction of sp³-hybridized carbons (Fsp3) is 0.364. The van der Waals surface area contributed by atoms with E-state index < -0.39 is 17.6 Å². The molecule has 0 unspecified atom stereocenters. The topological polar surface area (TPSA) is 93.2 Å². The SMILES string of the molecule is C=C(F)C(=O)N1CC(n2ncc(C(N)=O)c2NC)C1. The summed E-state index contributed by atoms with van der Waals surface area (Å²) < 4.78 is 14.2. The second-order valence-corrected chi connectivity index (χ2v) is 4.23. The zero-order chi connectivity index (χ0) is 14.2. The Kier molecular flexibility index (Phi) is 3.24. The van der Waals surface area contributed by atoms with Crippen LogP contribution in [0, 0.1) is 0 Å². The Morgan fingerprint density at radius 1 is 1.58 bits per heavy atom. The minimum absolute atomic E-state index is 0.112. The van der Waals surface area contributed by atoms with Gasteiger partial charge in [-0.1, -0.05) is 6.58 Å². The highest BCUT2D eigenvalue weighted by Gasteiger charge is 2.35. The summed E-state index contributed by atoms with van der Waals surface area (Å²) in [7, 11) is 1.64. The van der Waals surface area contributed by atoms with Gasteiger partial charge in [-0.2, -0.15) is 5.10 Å². The predicted molar refractivity (Wildman–Crippen MR) is 66.2 cm³/mol. The molecule has 102 valence electrons. The number of hydrogen-bond donors (Lipinski definition) is 2. The molecule has 0 spiro atoms. The highest BCUT2D eigenvalue weighted by Crippen LogP contribution is 2.27. The van der Waals surface area contributed by atoms with Crippen LogP contribution in [0.2, 0.25) is 0 Å². The third-order valence-corrected chi connectivity index (χ3v) is 3.03. The van der Waals surface area contributed by atoms with Gasteiger partial charge in [0, 0.05) is 20.1 Å². The van der Waals surface area contributed by atoms with Gasteiger partial charge >= 0.3 is 0 Å². The number of rotatable bonds is 4. The number of nitrogens with two attached hydrogens (primary N) is 1. The fourth-order valence-electron chi connectivity index (χ4n) is 2.02. The van der Waals surface area contributed by atoms with Crippen molar-refractivity contribution in [1.82, 2.24) is 14.7 Å². The number of nitrogens with one attached hydrogen (secondary N) is 1. The number of hydrogen-bond acceptors (Lipinski definition) is 4. The molecule has 0 saturated carbocycles. The molecule has 8 heteroatoms. The van der Waals surface area contributed by atoms with Gasteiger partial charge in [0.2, 0.25) is 0 Å². The molecule has 1 aliphatic rings. The smallest absolute Gasteiger partial charge is 0.282 e. The van der Waals surface area contributed by atoms with Crippen LogP contribution < -0.4 is 11.1 Å². The first-order valence-corrected chi connectivity index (χ1v) is 5.64. The Hall–Kier alpha value is -2.38. The van der Waals surface area contributed by atoms with E-state index in [1.54, 1.807) is 11.7 Å². The Morgan fingerprint density at radius 2 is 2.21 bits per heavy atom. The Morgan fingerprint density at radius 3 is 2.68 bits per heavy atom. The van der Waals surface area contributed by atoms with Crippen molar-refractivity contribution in [3.8, 4) is 0 Å². The first-order chi connectivity index (χ1) is 8.95. The number of likely N-dealkylation sites (tertiary alicyclic amines) is 1. The summed E-state index contributed by atoms with van der Waals surface area (Å²) in [5.41, 5.74) is 5.50. The molecule has 1 aromatic heterocycles. The quantitative estimate of drug-likeness (QED) is 0.744. The molecule has 1 aliphatic heterocycles. The lowest BCUT2D eigenvalue weighted by molar-refractivity contribution is -0.134. The van der Waals surface area contributed by atoms with Crippen molar-refractivity contribution < 1.29 is 14.0 Å². The molecular weight excluding hydrogens is 253 g/mol. The monoisotopic (exact) mass is 267 g/mol. The van der Waals surface area contributed by atoms with Gasteiger partial charge in [0.1, 0.15) is 11.4 Å². The Bertz CT molecular complexity index is 547. The molecule has 19 heavy (non-hydrogen) atoms. The Labute approximate surface area is 108 Å². The normalized spacial score (nSPS) is 14.9. The number of nitrogens with zero attached hydrogens (tertiary/aromatic N) is 3. The van der Waals surface area contributed by atoms with Gasteiger partial charge in [-0.3, -0.25) is 9.59 Å². The van der Waals surface area contributed by atoms with Crippen LogP contribution in [0.25, 0.3) is 0 Å². The lowest BCUT2D eigenvalue weighted by Crippen LogP contribution is -2.51. The summed E-state index contributed by atoms with van der Waals surface area (Å²) >= 11 is 0. The standard InChI is InChI=1S/C11H14FN5O2/c1-6(12)11(19)16-4-7(5-16)17-10(14-2)8(3-15-17)9(13)18/h3,7,14H,1,4-5H2,2H3,(H2,13,18). The summed E-state index contributed by atoms with van der Waals surface area (Å²) in [5.74, 6) is -1.79. The summed E-state index contributed by atoms with van der Waals surface area (Å²) in [6.45, 7) is 3.59. The van der Waals surface area contributed by atoms with Gasteiger partial charge in [-0.25, -0.2) is 9.07 Å². The zero-order valence-corrected chi connectivity index (χ0v) is 10.4. The lowest BCUT2D eigenvalue weighted by Gasteiger charge is -2.39. The summed E-state index contributed by atoms with van der Waals surface area (Å²) in [6, 6.07) is -0.112. The van der Waals surface area contributed by atoms with Crippen LogP contribution in [0.15, 0.2) is 18.6 Å². The van der Waals surface area contributed by atoms with Crippen molar-refractivity contribution in [3.63, 3.8) is 0 Å². The van der Waals surface area contributed by atoms with E-state index in [1.807, 2.05) is 0 Å². The first-order valence-electron chi connectivity index (χ1n) is 5.64. The third kappa shape index (κ3) is 2.16. The van der Waals surface area contributed by atoms with Crippen LogP contribution in [0.5, 0.6) is 0 Å². The van der Waals surface area contributed by atoms with E-state index in [4.69, 9.17) is 5.73 Å². The van der Waals surface area contributed by atoms with Crippen molar-refractivity contribution >= 4 is 17.6 Å². The van der Waals surface area contributed by atoms with E-state index in [1.165, 1.54) is 11.1 Å². The average Bonchev–Trinajstić information content (AvgIpc) is 2.70. The van der Waals surface area contributed by atoms with Crippen molar-refractivity contribution in [2.24, 2.45) is 5.73 Å². The van der Waals surface area contributed by atoms with Crippen molar-refractivity contribution in [1.29, 1.82) is 0 Å². The largest absolute Gasteiger partial charge is 0.373 e. The number of anilines is 1. The molecule has 0 aliphatic carbocycles. The highest BCUT2D eigenvalue weighted by molar-refractivity contribution is 5.97. The van der Waals surface area contributed by atoms with Gasteiger partial charge in [-0.05, 0) is 0 Å². The zero-order valence-electron chi connectivity index (χ0n) is 10.4. The maximum atomic E-state index is 12.7. The van der Waals surface area contributed by atoms with E-state index in [2.05, 4.69) is 17.0 Å². The molecule has 0 atom stereocenters. The van der Waals surface area contributed by atoms with Crippen molar-refractivity contribution in [2.45, 2.75) is 6.04 Å². The summed E-state index contributed by atoms with van der Waals surface area (Å²) in [5, 5.41) is 6.91. The van der Waals surface area contributed by atoms with Crippen LogP contribution in [0.1, 0.15) is 16.4 Å². The van der Waals surface area contributed by atoms with E-state index in [9.17, 15) is 14.0 Å². The predicted octanol–water partition coefficient (Wildman–Crippen LogP) is -0.110. The van der Waals surface area contributed by atoms with Gasteiger partial charge in [0.05, 0.1) is 12.2 Å². The van der Waals surface area contributed by atoms with E-state index in [-0.39, 0.29) is 11.6 Å². The molecule has 2 rings (SSSR count). The molecule has 3 N–H and O–H groups in total. The van der Waals surface area contributed by atoms with Gasteiger partial charge in [0.15, 0.2) is 5.83 Å². The van der Waals surface area contributed by atoms with E-state index in [0.29, 0.717) is 18.9 Å². The molecule has 1 aromatic rings. The fourth-order valence-corrected chi connectivity index (χ4v) is 2.02. The number of primary amides is 1. The highest BCUT2D eigenvalue weighted by atomic mass is 19.1. The molecule has 0 bridgehead atoms. The van der Waals surface area contributed by atoms with E-state index in [0.717, 1.165) is 0 Å². The van der Waals surface area contributed by atoms with Crippen LogP contribution in [-0.2, 0) is 4.79 Å². The molecule has 2 heterocycles. The van der Waals surface area contributed by atoms with Gasteiger partial charge in [0.25, 0.3) is 11.8 Å². The average molecular weight is 267 g/mol. The minimum Gasteiger partial charge on any atom is -0.373 e. The van der Waals surface area contributed by atoms with Gasteiger partial charge in [-0.15, -0.1) is 0 Å². The second-order valence-electron chi connectivity index (χ2n) is 4.23. The van der Waals surface area contributed by atoms with E-state index >= 15 is 0 Å². The van der Waals surface area contributed by atoms with Crippen LogP contribution >= 0.6 is 0 Å². The van der Waals surface area contributed by atoms with Crippen molar-refractivity contribution in [2.75, 3.05) is 25.5 Å². The number of carbonyl (C=O) groups excluding carboxylic acids is 2.